The minimum absolute atomic E-state index is 0.0425. The van der Waals surface area contributed by atoms with E-state index in [0.717, 1.165) is 11.2 Å². The SMILES string of the molecule is Cc1c(Nc2ccc(Br)cc2F)c(-c2nnc(N)o2)cn2ccnc12. The van der Waals surface area contributed by atoms with Gasteiger partial charge in [0.15, 0.2) is 0 Å². The van der Waals surface area contributed by atoms with Crippen LogP contribution in [-0.4, -0.2) is 19.6 Å². The molecule has 3 aromatic heterocycles. The number of halogens is 2. The molecule has 4 aromatic rings. The number of aryl methyl sites for hydroxylation is 1. The number of rotatable bonds is 3. The van der Waals surface area contributed by atoms with E-state index in [1.165, 1.54) is 6.07 Å². The highest BCUT2D eigenvalue weighted by molar-refractivity contribution is 9.10. The van der Waals surface area contributed by atoms with E-state index in [9.17, 15) is 4.39 Å². The third kappa shape index (κ3) is 2.72. The van der Waals surface area contributed by atoms with Crippen LogP contribution in [0, 0.1) is 12.7 Å². The second-order valence-corrected chi connectivity index (χ2v) is 6.31. The highest BCUT2D eigenvalue weighted by Crippen LogP contribution is 2.35. The van der Waals surface area contributed by atoms with Gasteiger partial charge in [0, 0.05) is 28.6 Å². The number of fused-ring (bicyclic) bond motifs is 1. The van der Waals surface area contributed by atoms with Gasteiger partial charge < -0.3 is 19.9 Å². The average Bonchev–Trinajstić information content (AvgIpc) is 3.20. The van der Waals surface area contributed by atoms with E-state index in [0.29, 0.717) is 21.4 Å². The molecule has 0 aliphatic heterocycles. The summed E-state index contributed by atoms with van der Waals surface area (Å²) < 4.78 is 22.1. The Kier molecular flexibility index (Phi) is 3.65. The van der Waals surface area contributed by atoms with E-state index in [2.05, 4.69) is 36.4 Å². The number of hydrogen-bond acceptors (Lipinski definition) is 6. The number of anilines is 3. The number of hydrogen-bond donors (Lipinski definition) is 2. The highest BCUT2D eigenvalue weighted by Gasteiger charge is 2.19. The van der Waals surface area contributed by atoms with Crippen molar-refractivity contribution in [1.29, 1.82) is 0 Å². The molecule has 0 bridgehead atoms. The summed E-state index contributed by atoms with van der Waals surface area (Å²) in [5, 5.41) is 10.7. The fraction of sp³-hybridized carbons (Fsp3) is 0.0625. The molecule has 0 spiro atoms. The smallest absolute Gasteiger partial charge is 0.313 e. The standard InChI is InChI=1S/C16H12BrFN6O/c1-8-13(21-12-3-2-9(17)6-11(12)18)10(15-22-23-16(19)25-15)7-24-5-4-20-14(8)24/h2-7,21H,1H3,(H2,19,23). The van der Waals surface area contributed by atoms with Crippen molar-refractivity contribution in [2.24, 2.45) is 0 Å². The summed E-state index contributed by atoms with van der Waals surface area (Å²) >= 11 is 3.25. The molecule has 3 N–H and O–H groups in total. The van der Waals surface area contributed by atoms with Gasteiger partial charge in [-0.1, -0.05) is 21.0 Å². The van der Waals surface area contributed by atoms with E-state index >= 15 is 0 Å². The lowest BCUT2D eigenvalue weighted by atomic mass is 10.1. The molecule has 7 nitrogen and oxygen atoms in total. The quantitative estimate of drug-likeness (QED) is 0.539. The Balaban J connectivity index is 1.92. The van der Waals surface area contributed by atoms with Crippen molar-refractivity contribution in [3.05, 3.63) is 52.6 Å². The average molecular weight is 403 g/mol. The minimum Gasteiger partial charge on any atom is -0.403 e. The topological polar surface area (TPSA) is 94.3 Å². The lowest BCUT2D eigenvalue weighted by molar-refractivity contribution is 0.590. The zero-order valence-electron chi connectivity index (χ0n) is 13.0. The van der Waals surface area contributed by atoms with Crippen molar-refractivity contribution in [1.82, 2.24) is 19.6 Å². The number of benzene rings is 1. The molecule has 0 radical (unpaired) electrons. The van der Waals surface area contributed by atoms with Crippen LogP contribution < -0.4 is 11.1 Å². The number of imidazole rings is 1. The van der Waals surface area contributed by atoms with Crippen molar-refractivity contribution in [2.45, 2.75) is 6.92 Å². The molecule has 0 amide bonds. The van der Waals surface area contributed by atoms with Crippen LogP contribution in [0.2, 0.25) is 0 Å². The molecular formula is C16H12BrFN6O. The molecule has 0 saturated heterocycles. The molecule has 1 aromatic carbocycles. The molecule has 0 fully saturated rings. The summed E-state index contributed by atoms with van der Waals surface area (Å²) in [4.78, 5) is 4.33. The monoisotopic (exact) mass is 402 g/mol. The molecule has 0 aliphatic rings. The van der Waals surface area contributed by atoms with Crippen molar-refractivity contribution in [2.75, 3.05) is 11.1 Å². The van der Waals surface area contributed by atoms with Crippen LogP contribution in [0.1, 0.15) is 5.56 Å². The van der Waals surface area contributed by atoms with E-state index in [1.807, 2.05) is 11.3 Å². The summed E-state index contributed by atoms with van der Waals surface area (Å²) in [6.07, 6.45) is 5.26. The van der Waals surface area contributed by atoms with E-state index in [-0.39, 0.29) is 11.9 Å². The summed E-state index contributed by atoms with van der Waals surface area (Å²) in [5.41, 5.74) is 8.61. The van der Waals surface area contributed by atoms with Crippen molar-refractivity contribution >= 4 is 39.0 Å². The van der Waals surface area contributed by atoms with Crippen LogP contribution in [-0.2, 0) is 0 Å². The summed E-state index contributed by atoms with van der Waals surface area (Å²) in [5.74, 6) is -0.163. The lowest BCUT2D eigenvalue weighted by Gasteiger charge is -2.15. The van der Waals surface area contributed by atoms with Crippen LogP contribution >= 0.6 is 15.9 Å². The van der Waals surface area contributed by atoms with Crippen LogP contribution in [0.25, 0.3) is 17.1 Å². The normalized spacial score (nSPS) is 11.2. The van der Waals surface area contributed by atoms with Crippen LogP contribution in [0.3, 0.4) is 0 Å². The third-order valence-corrected chi connectivity index (χ3v) is 4.27. The summed E-state index contributed by atoms with van der Waals surface area (Å²) in [6, 6.07) is 4.73. The Labute approximate surface area is 149 Å². The van der Waals surface area contributed by atoms with Crippen molar-refractivity contribution in [3.63, 3.8) is 0 Å². The molecule has 0 atom stereocenters. The molecule has 0 saturated carbocycles. The Bertz CT molecular complexity index is 1090. The first kappa shape index (κ1) is 15.6. The van der Waals surface area contributed by atoms with Crippen LogP contribution in [0.15, 0.2) is 45.7 Å². The van der Waals surface area contributed by atoms with Gasteiger partial charge in [0.25, 0.3) is 5.89 Å². The van der Waals surface area contributed by atoms with Gasteiger partial charge in [-0.25, -0.2) is 9.37 Å². The number of pyridine rings is 1. The van der Waals surface area contributed by atoms with Crippen LogP contribution in [0.5, 0.6) is 0 Å². The third-order valence-electron chi connectivity index (χ3n) is 3.78. The molecular weight excluding hydrogens is 391 g/mol. The number of nitrogens with zero attached hydrogens (tertiary/aromatic N) is 4. The highest BCUT2D eigenvalue weighted by atomic mass is 79.9. The van der Waals surface area contributed by atoms with Gasteiger partial charge in [-0.3, -0.25) is 0 Å². The van der Waals surface area contributed by atoms with Gasteiger partial charge in [0.05, 0.1) is 16.9 Å². The molecule has 4 rings (SSSR count). The van der Waals surface area contributed by atoms with Gasteiger partial charge in [-0.15, -0.1) is 5.10 Å². The Morgan fingerprint density at radius 3 is 2.88 bits per heavy atom. The number of nitrogens with two attached hydrogens (primary N) is 1. The van der Waals surface area contributed by atoms with Crippen molar-refractivity contribution < 1.29 is 8.81 Å². The molecule has 25 heavy (non-hydrogen) atoms. The van der Waals surface area contributed by atoms with Gasteiger partial charge in [0.2, 0.25) is 0 Å². The Morgan fingerprint density at radius 2 is 2.16 bits per heavy atom. The second kappa shape index (κ2) is 5.85. The maximum absolute atomic E-state index is 14.3. The second-order valence-electron chi connectivity index (χ2n) is 5.40. The lowest BCUT2D eigenvalue weighted by Crippen LogP contribution is -2.02. The molecule has 3 heterocycles. The maximum Gasteiger partial charge on any atom is 0.313 e. The number of aromatic nitrogens is 4. The van der Waals surface area contributed by atoms with E-state index < -0.39 is 5.82 Å². The largest absolute Gasteiger partial charge is 0.403 e. The fourth-order valence-corrected chi connectivity index (χ4v) is 2.95. The van der Waals surface area contributed by atoms with Crippen LogP contribution in [0.4, 0.5) is 21.8 Å². The fourth-order valence-electron chi connectivity index (χ4n) is 2.62. The maximum atomic E-state index is 14.3. The first-order chi connectivity index (χ1) is 12.0. The summed E-state index contributed by atoms with van der Waals surface area (Å²) in [6.45, 7) is 1.88. The van der Waals surface area contributed by atoms with Crippen molar-refractivity contribution in [3.8, 4) is 11.5 Å². The zero-order chi connectivity index (χ0) is 17.6. The Morgan fingerprint density at radius 1 is 1.32 bits per heavy atom. The van der Waals surface area contributed by atoms with Gasteiger partial charge in [-0.05, 0) is 25.1 Å². The minimum atomic E-state index is -0.395. The molecule has 0 aliphatic carbocycles. The first-order valence-electron chi connectivity index (χ1n) is 7.30. The zero-order valence-corrected chi connectivity index (χ0v) is 14.6. The number of nitrogen functional groups attached to an aromatic ring is 1. The van der Waals surface area contributed by atoms with E-state index in [4.69, 9.17) is 10.2 Å². The van der Waals surface area contributed by atoms with Gasteiger partial charge in [0.1, 0.15) is 11.5 Å². The van der Waals surface area contributed by atoms with Gasteiger partial charge >= 0.3 is 6.01 Å². The van der Waals surface area contributed by atoms with Gasteiger partial charge in [-0.2, -0.15) is 0 Å². The Hall–Kier alpha value is -2.94. The predicted octanol–water partition coefficient (Wildman–Crippen LogP) is 3.92. The first-order valence-corrected chi connectivity index (χ1v) is 8.10. The summed E-state index contributed by atoms with van der Waals surface area (Å²) in [7, 11) is 0. The molecule has 0 unspecified atom stereocenters. The van der Waals surface area contributed by atoms with E-state index in [1.54, 1.807) is 30.7 Å². The molecule has 126 valence electrons. The molecule has 9 heteroatoms. The number of nitrogens with one attached hydrogen (secondary N) is 1. The predicted molar refractivity (Wildman–Crippen MR) is 95.0 cm³/mol.